The molecule has 3 heterocycles. The monoisotopic (exact) mass is 383 g/mol. The van der Waals surface area contributed by atoms with Gasteiger partial charge in [-0.15, -0.1) is 6.58 Å². The van der Waals surface area contributed by atoms with Crippen molar-refractivity contribution < 1.29 is 18.7 Å². The molecule has 0 aliphatic carbocycles. The van der Waals surface area contributed by atoms with E-state index in [-0.39, 0.29) is 5.91 Å². The van der Waals surface area contributed by atoms with Gasteiger partial charge in [-0.2, -0.15) is 0 Å². The summed E-state index contributed by atoms with van der Waals surface area (Å²) in [4.78, 5) is 16.7. The predicted octanol–water partition coefficient (Wildman–Crippen LogP) is 2.24. The van der Waals surface area contributed by atoms with Crippen molar-refractivity contribution >= 4 is 5.91 Å². The molecular weight excluding hydrogens is 358 g/mol. The summed E-state index contributed by atoms with van der Waals surface area (Å²) in [5, 5.41) is 2.72. The molecule has 7 heteroatoms. The fourth-order valence-corrected chi connectivity index (χ4v) is 3.46. The zero-order valence-electron chi connectivity index (χ0n) is 15.9. The quantitative estimate of drug-likeness (QED) is 0.740. The SMILES string of the molecule is C=CCNC(=O)c1ccc(CN2CCN(Cc3ccc4c(c3)OCO4)CC2)o1. The fourth-order valence-electron chi connectivity index (χ4n) is 3.46. The van der Waals surface area contributed by atoms with Gasteiger partial charge in [0.2, 0.25) is 6.79 Å². The van der Waals surface area contributed by atoms with E-state index in [1.807, 2.05) is 12.1 Å². The molecule has 0 spiro atoms. The van der Waals surface area contributed by atoms with Gasteiger partial charge < -0.3 is 19.2 Å². The van der Waals surface area contributed by atoms with Crippen LogP contribution in [0.15, 0.2) is 47.4 Å². The molecule has 28 heavy (non-hydrogen) atoms. The van der Waals surface area contributed by atoms with Gasteiger partial charge >= 0.3 is 0 Å². The van der Waals surface area contributed by atoms with Crippen molar-refractivity contribution in [1.82, 2.24) is 15.1 Å². The number of nitrogens with one attached hydrogen (secondary N) is 1. The van der Waals surface area contributed by atoms with Crippen molar-refractivity contribution in [2.75, 3.05) is 39.5 Å². The van der Waals surface area contributed by atoms with E-state index in [1.54, 1.807) is 12.1 Å². The van der Waals surface area contributed by atoms with Crippen LogP contribution in [0.2, 0.25) is 0 Å². The molecule has 0 radical (unpaired) electrons. The van der Waals surface area contributed by atoms with Crippen LogP contribution in [0.4, 0.5) is 0 Å². The summed E-state index contributed by atoms with van der Waals surface area (Å²) < 4.78 is 16.5. The maximum atomic E-state index is 11.9. The van der Waals surface area contributed by atoms with Crippen LogP contribution in [-0.4, -0.2) is 55.2 Å². The first kappa shape index (κ1) is 18.6. The van der Waals surface area contributed by atoms with Crippen LogP contribution in [0, 0.1) is 0 Å². The van der Waals surface area contributed by atoms with Crippen molar-refractivity contribution in [3.63, 3.8) is 0 Å². The van der Waals surface area contributed by atoms with Gasteiger partial charge in [-0.25, -0.2) is 0 Å². The van der Waals surface area contributed by atoms with Crippen LogP contribution in [0.5, 0.6) is 11.5 Å². The maximum Gasteiger partial charge on any atom is 0.287 e. The number of hydrogen-bond acceptors (Lipinski definition) is 6. The zero-order valence-corrected chi connectivity index (χ0v) is 15.9. The lowest BCUT2D eigenvalue weighted by molar-refractivity contribution is 0.0919. The smallest absolute Gasteiger partial charge is 0.287 e. The van der Waals surface area contributed by atoms with Gasteiger partial charge in [0.05, 0.1) is 6.54 Å². The van der Waals surface area contributed by atoms with Gasteiger partial charge in [0, 0.05) is 39.3 Å². The third kappa shape index (κ3) is 4.37. The molecule has 1 amide bonds. The van der Waals surface area contributed by atoms with Crippen LogP contribution in [0.25, 0.3) is 0 Å². The molecule has 7 nitrogen and oxygen atoms in total. The number of benzene rings is 1. The second kappa shape index (κ2) is 8.50. The van der Waals surface area contributed by atoms with E-state index in [1.165, 1.54) is 5.56 Å². The van der Waals surface area contributed by atoms with Crippen molar-refractivity contribution in [2.24, 2.45) is 0 Å². The minimum atomic E-state index is -0.209. The zero-order chi connectivity index (χ0) is 19.3. The Bertz CT molecular complexity index is 840. The summed E-state index contributed by atoms with van der Waals surface area (Å²) in [7, 11) is 0. The molecule has 0 bridgehead atoms. The molecule has 4 rings (SSSR count). The summed E-state index contributed by atoms with van der Waals surface area (Å²) in [6.07, 6.45) is 1.64. The second-order valence-corrected chi connectivity index (χ2v) is 7.00. The first-order chi connectivity index (χ1) is 13.7. The molecule has 0 unspecified atom stereocenters. The Kier molecular flexibility index (Phi) is 5.64. The van der Waals surface area contributed by atoms with E-state index in [2.05, 4.69) is 33.8 Å². The van der Waals surface area contributed by atoms with Crippen LogP contribution in [0.1, 0.15) is 21.9 Å². The highest BCUT2D eigenvalue weighted by Gasteiger charge is 2.20. The van der Waals surface area contributed by atoms with Crippen molar-refractivity contribution in [3.8, 4) is 11.5 Å². The minimum Gasteiger partial charge on any atom is -0.455 e. The molecule has 1 saturated heterocycles. The van der Waals surface area contributed by atoms with Gasteiger partial charge in [0.15, 0.2) is 17.3 Å². The topological polar surface area (TPSA) is 67.2 Å². The van der Waals surface area contributed by atoms with Crippen LogP contribution >= 0.6 is 0 Å². The lowest BCUT2D eigenvalue weighted by Crippen LogP contribution is -2.45. The number of carbonyl (C=O) groups excluding carboxylic acids is 1. The van der Waals surface area contributed by atoms with E-state index in [0.29, 0.717) is 25.6 Å². The van der Waals surface area contributed by atoms with Gasteiger partial charge in [-0.05, 0) is 29.8 Å². The summed E-state index contributed by atoms with van der Waals surface area (Å²) in [6.45, 7) is 9.84. The molecule has 1 aromatic carbocycles. The first-order valence-electron chi connectivity index (χ1n) is 9.52. The van der Waals surface area contributed by atoms with E-state index >= 15 is 0 Å². The number of amides is 1. The molecule has 2 aromatic rings. The lowest BCUT2D eigenvalue weighted by atomic mass is 10.1. The molecule has 2 aliphatic heterocycles. The van der Waals surface area contributed by atoms with E-state index in [9.17, 15) is 4.79 Å². The molecule has 1 fully saturated rings. The standard InChI is InChI=1S/C21H25N3O4/c1-2-7-22-21(25)19-6-4-17(28-19)14-24-10-8-23(9-11-24)13-16-3-5-18-20(12-16)27-15-26-18/h2-6,12H,1,7-11,13-15H2,(H,22,25). The molecule has 148 valence electrons. The Balaban J connectivity index is 1.25. The van der Waals surface area contributed by atoms with Crippen molar-refractivity contribution in [2.45, 2.75) is 13.1 Å². The predicted molar refractivity (Wildman–Crippen MR) is 104 cm³/mol. The molecule has 1 aromatic heterocycles. The summed E-state index contributed by atoms with van der Waals surface area (Å²) >= 11 is 0. The van der Waals surface area contributed by atoms with Crippen LogP contribution in [0.3, 0.4) is 0 Å². The third-order valence-corrected chi connectivity index (χ3v) is 4.98. The Labute approximate surface area is 164 Å². The summed E-state index contributed by atoms with van der Waals surface area (Å²) in [6, 6.07) is 9.75. The minimum absolute atomic E-state index is 0.209. The van der Waals surface area contributed by atoms with Gasteiger partial charge in [-0.3, -0.25) is 14.6 Å². The Morgan fingerprint density at radius 1 is 1.04 bits per heavy atom. The third-order valence-electron chi connectivity index (χ3n) is 4.98. The lowest BCUT2D eigenvalue weighted by Gasteiger charge is -2.34. The van der Waals surface area contributed by atoms with Gasteiger partial charge in [0.25, 0.3) is 5.91 Å². The average Bonchev–Trinajstić information content (AvgIpc) is 3.37. The largest absolute Gasteiger partial charge is 0.455 e. The Morgan fingerprint density at radius 2 is 1.79 bits per heavy atom. The molecule has 0 saturated carbocycles. The maximum absolute atomic E-state index is 11.9. The van der Waals surface area contributed by atoms with Crippen LogP contribution in [-0.2, 0) is 13.1 Å². The Morgan fingerprint density at radius 3 is 2.57 bits per heavy atom. The number of furan rings is 1. The number of nitrogens with zero attached hydrogens (tertiary/aromatic N) is 2. The number of rotatable bonds is 7. The van der Waals surface area contributed by atoms with Gasteiger partial charge in [0.1, 0.15) is 5.76 Å². The Hall–Kier alpha value is -2.77. The molecule has 2 aliphatic rings. The van der Waals surface area contributed by atoms with Gasteiger partial charge in [-0.1, -0.05) is 12.1 Å². The number of ether oxygens (including phenoxy) is 2. The normalized spacial score (nSPS) is 16.9. The second-order valence-electron chi connectivity index (χ2n) is 7.00. The highest BCUT2D eigenvalue weighted by Crippen LogP contribution is 2.32. The highest BCUT2D eigenvalue weighted by molar-refractivity contribution is 5.91. The summed E-state index contributed by atoms with van der Waals surface area (Å²) in [5.41, 5.74) is 1.24. The molecule has 0 atom stereocenters. The average molecular weight is 383 g/mol. The van der Waals surface area contributed by atoms with E-state index < -0.39 is 0 Å². The first-order valence-corrected chi connectivity index (χ1v) is 9.52. The number of fused-ring (bicyclic) bond motifs is 1. The summed E-state index contributed by atoms with van der Waals surface area (Å²) in [5.74, 6) is 2.61. The van der Waals surface area contributed by atoms with Crippen LogP contribution < -0.4 is 14.8 Å². The van der Waals surface area contributed by atoms with Crippen molar-refractivity contribution in [3.05, 3.63) is 60.1 Å². The highest BCUT2D eigenvalue weighted by atomic mass is 16.7. The van der Waals surface area contributed by atoms with E-state index in [0.717, 1.165) is 50.0 Å². The fraction of sp³-hybridized carbons (Fsp3) is 0.381. The van der Waals surface area contributed by atoms with E-state index in [4.69, 9.17) is 13.9 Å². The number of hydrogen-bond donors (Lipinski definition) is 1. The molecule has 1 N–H and O–H groups in total. The number of carbonyl (C=O) groups is 1. The van der Waals surface area contributed by atoms with Crippen molar-refractivity contribution in [1.29, 1.82) is 0 Å². The number of piperazine rings is 1. The molecular formula is C21H25N3O4.